The molecule has 0 saturated heterocycles. The highest BCUT2D eigenvalue weighted by molar-refractivity contribution is 6.00. The van der Waals surface area contributed by atoms with E-state index in [1.807, 2.05) is 0 Å². The molecule has 0 bridgehead atoms. The van der Waals surface area contributed by atoms with Crippen LogP contribution >= 0.6 is 0 Å². The van der Waals surface area contributed by atoms with Gasteiger partial charge in [-0.25, -0.2) is 13.8 Å². The molecule has 3 aromatic rings. The lowest BCUT2D eigenvalue weighted by Gasteiger charge is -2.36. The van der Waals surface area contributed by atoms with Crippen LogP contribution < -0.4 is 21.5 Å². The van der Waals surface area contributed by atoms with Crippen LogP contribution in [0.2, 0.25) is 0 Å². The predicted octanol–water partition coefficient (Wildman–Crippen LogP) is 2.55. The van der Waals surface area contributed by atoms with Crippen molar-refractivity contribution in [2.75, 3.05) is 24.8 Å². The Morgan fingerprint density at radius 2 is 2.12 bits per heavy atom. The molecule has 0 aliphatic heterocycles. The monoisotopic (exact) mass is 473 g/mol. The molecule has 0 aromatic carbocycles. The molecule has 3 N–H and O–H groups in total. The van der Waals surface area contributed by atoms with E-state index in [9.17, 15) is 18.4 Å². The molecule has 2 aliphatic rings. The third kappa shape index (κ3) is 3.77. The maximum Gasteiger partial charge on any atom is 0.274 e. The standard InChI is InChI=1S/C22H25F2N7O3/c1-25-18-10-17(27-15-4-3-7-30(21(15)33)12-8-13(9-12)34-2)29-19-14(11-26-31(18)19)20(32)28-16-5-6-22(16,23)24/h3-4,7,10-13,16,25H,5-6,8-9H2,1-2H3,(H,27,29)(H,28,32)/t12?,13?,16-/m0/s1. The summed E-state index contributed by atoms with van der Waals surface area (Å²) in [6.07, 6.45) is 4.69. The normalized spacial score (nSPS) is 23.1. The fourth-order valence-corrected chi connectivity index (χ4v) is 4.27. The molecule has 5 rings (SSSR count). The van der Waals surface area contributed by atoms with Crippen LogP contribution in [0.3, 0.4) is 0 Å². The average molecular weight is 473 g/mol. The Hall–Kier alpha value is -3.54. The van der Waals surface area contributed by atoms with Crippen molar-refractivity contribution in [3.63, 3.8) is 0 Å². The molecule has 1 atom stereocenters. The molecule has 3 heterocycles. The number of hydrogen-bond donors (Lipinski definition) is 3. The van der Waals surface area contributed by atoms with Crippen LogP contribution in [-0.4, -0.2) is 57.3 Å². The van der Waals surface area contributed by atoms with E-state index >= 15 is 0 Å². The van der Waals surface area contributed by atoms with Gasteiger partial charge in [-0.3, -0.25) is 9.59 Å². The van der Waals surface area contributed by atoms with Gasteiger partial charge in [-0.2, -0.15) is 9.61 Å². The number of hydrogen-bond acceptors (Lipinski definition) is 7. The van der Waals surface area contributed by atoms with Gasteiger partial charge < -0.3 is 25.3 Å². The Kier molecular flexibility index (Phi) is 5.47. The number of carbonyl (C=O) groups excluding carboxylic acids is 1. The summed E-state index contributed by atoms with van der Waals surface area (Å²) in [6, 6.07) is 3.93. The van der Waals surface area contributed by atoms with Crippen LogP contribution in [0.25, 0.3) is 5.65 Å². The fourth-order valence-electron chi connectivity index (χ4n) is 4.27. The molecule has 10 nitrogen and oxygen atoms in total. The topological polar surface area (TPSA) is 115 Å². The van der Waals surface area contributed by atoms with Crippen LogP contribution in [0.15, 0.2) is 35.4 Å². The number of alkyl halides is 2. The van der Waals surface area contributed by atoms with Gasteiger partial charge in [0.15, 0.2) is 5.65 Å². The summed E-state index contributed by atoms with van der Waals surface area (Å²) in [7, 11) is 3.33. The maximum absolute atomic E-state index is 13.6. The first-order chi connectivity index (χ1) is 16.3. The molecule has 12 heteroatoms. The van der Waals surface area contributed by atoms with Crippen molar-refractivity contribution in [1.82, 2.24) is 24.5 Å². The molecular weight excluding hydrogens is 448 g/mol. The summed E-state index contributed by atoms with van der Waals surface area (Å²) >= 11 is 0. The lowest BCUT2D eigenvalue weighted by molar-refractivity contribution is -0.102. The highest BCUT2D eigenvalue weighted by Crippen LogP contribution is 2.38. The number of methoxy groups -OCH3 is 1. The number of nitrogens with one attached hydrogen (secondary N) is 3. The summed E-state index contributed by atoms with van der Waals surface area (Å²) < 4.78 is 35.7. The molecule has 2 aliphatic carbocycles. The molecule has 0 radical (unpaired) electrons. The molecule has 2 fully saturated rings. The minimum atomic E-state index is -2.91. The molecule has 0 spiro atoms. The van der Waals surface area contributed by atoms with Gasteiger partial charge in [0.1, 0.15) is 22.9 Å². The Morgan fingerprint density at radius 3 is 2.76 bits per heavy atom. The van der Waals surface area contributed by atoms with Gasteiger partial charge >= 0.3 is 0 Å². The summed E-state index contributed by atoms with van der Waals surface area (Å²) in [6.45, 7) is 0. The van der Waals surface area contributed by atoms with Gasteiger partial charge in [-0.15, -0.1) is 0 Å². The lowest BCUT2D eigenvalue weighted by Crippen LogP contribution is -2.55. The van der Waals surface area contributed by atoms with Crippen molar-refractivity contribution in [2.45, 2.75) is 49.8 Å². The Labute approximate surface area is 193 Å². The zero-order valence-corrected chi connectivity index (χ0v) is 18.7. The maximum atomic E-state index is 13.6. The summed E-state index contributed by atoms with van der Waals surface area (Å²) in [5, 5.41) is 12.5. The molecule has 3 aromatic heterocycles. The number of pyridine rings is 1. The van der Waals surface area contributed by atoms with Crippen LogP contribution in [0.4, 0.5) is 26.1 Å². The van der Waals surface area contributed by atoms with E-state index in [2.05, 4.69) is 26.0 Å². The lowest BCUT2D eigenvalue weighted by atomic mass is 9.88. The first-order valence-electron chi connectivity index (χ1n) is 11.1. The second kappa shape index (κ2) is 8.35. The van der Waals surface area contributed by atoms with E-state index in [1.165, 1.54) is 10.7 Å². The van der Waals surface area contributed by atoms with E-state index in [0.29, 0.717) is 17.3 Å². The van der Waals surface area contributed by atoms with Crippen molar-refractivity contribution in [1.29, 1.82) is 0 Å². The number of amides is 1. The first-order valence-corrected chi connectivity index (χ1v) is 11.1. The summed E-state index contributed by atoms with van der Waals surface area (Å²) in [4.78, 5) is 30.2. The van der Waals surface area contributed by atoms with Crippen molar-refractivity contribution in [3.05, 3.63) is 46.5 Å². The number of ether oxygens (including phenoxy) is 1. The van der Waals surface area contributed by atoms with Crippen LogP contribution in [0.5, 0.6) is 0 Å². The molecule has 2 saturated carbocycles. The average Bonchev–Trinajstić information content (AvgIpc) is 3.22. The van der Waals surface area contributed by atoms with E-state index in [1.54, 1.807) is 43.1 Å². The Balaban J connectivity index is 1.44. The van der Waals surface area contributed by atoms with E-state index in [-0.39, 0.29) is 41.8 Å². The molecule has 1 amide bonds. The van der Waals surface area contributed by atoms with Crippen LogP contribution in [0, 0.1) is 0 Å². The van der Waals surface area contributed by atoms with Gasteiger partial charge in [-0.1, -0.05) is 0 Å². The Morgan fingerprint density at radius 1 is 1.32 bits per heavy atom. The highest BCUT2D eigenvalue weighted by Gasteiger charge is 2.49. The van der Waals surface area contributed by atoms with E-state index in [0.717, 1.165) is 12.8 Å². The zero-order valence-electron chi connectivity index (χ0n) is 18.7. The van der Waals surface area contributed by atoms with Gasteiger partial charge in [0.05, 0.1) is 18.3 Å². The third-order valence-electron chi connectivity index (χ3n) is 6.59. The third-order valence-corrected chi connectivity index (χ3v) is 6.59. The molecule has 34 heavy (non-hydrogen) atoms. The predicted molar refractivity (Wildman–Crippen MR) is 121 cm³/mol. The Bertz CT molecular complexity index is 1300. The minimum Gasteiger partial charge on any atom is -0.381 e. The van der Waals surface area contributed by atoms with E-state index in [4.69, 9.17) is 4.74 Å². The number of fused-ring (bicyclic) bond motifs is 1. The number of nitrogens with zero attached hydrogens (tertiary/aromatic N) is 4. The van der Waals surface area contributed by atoms with Gasteiger partial charge in [-0.05, 0) is 31.4 Å². The number of halogens is 2. The van der Waals surface area contributed by atoms with Gasteiger partial charge in [0.2, 0.25) is 0 Å². The summed E-state index contributed by atoms with van der Waals surface area (Å²) in [5.74, 6) is -2.78. The molecule has 0 unspecified atom stereocenters. The van der Waals surface area contributed by atoms with Gasteiger partial charge in [0.25, 0.3) is 17.4 Å². The molecule has 180 valence electrons. The van der Waals surface area contributed by atoms with Gasteiger partial charge in [0, 0.05) is 38.9 Å². The zero-order chi connectivity index (χ0) is 24.0. The summed E-state index contributed by atoms with van der Waals surface area (Å²) in [5.41, 5.74) is 0.358. The van der Waals surface area contributed by atoms with Crippen molar-refractivity contribution < 1.29 is 18.3 Å². The highest BCUT2D eigenvalue weighted by atomic mass is 19.3. The second-order valence-electron chi connectivity index (χ2n) is 8.64. The number of aromatic nitrogens is 4. The largest absolute Gasteiger partial charge is 0.381 e. The first kappa shape index (κ1) is 22.3. The second-order valence-corrected chi connectivity index (χ2v) is 8.64. The molecular formula is C22H25F2N7O3. The number of carbonyl (C=O) groups is 1. The van der Waals surface area contributed by atoms with Crippen molar-refractivity contribution in [2.24, 2.45) is 0 Å². The van der Waals surface area contributed by atoms with Crippen molar-refractivity contribution in [3.8, 4) is 0 Å². The smallest absolute Gasteiger partial charge is 0.274 e. The quantitative estimate of drug-likeness (QED) is 0.483. The van der Waals surface area contributed by atoms with Crippen LogP contribution in [-0.2, 0) is 4.74 Å². The fraction of sp³-hybridized carbons (Fsp3) is 0.455. The number of rotatable bonds is 7. The van der Waals surface area contributed by atoms with E-state index < -0.39 is 17.9 Å². The van der Waals surface area contributed by atoms with Crippen LogP contribution in [0.1, 0.15) is 42.1 Å². The minimum absolute atomic E-state index is 0.0633. The van der Waals surface area contributed by atoms with Crippen molar-refractivity contribution >= 4 is 28.9 Å². The SMILES string of the molecule is CNc1cc(Nc2cccn(C3CC(OC)C3)c2=O)nc2c(C(=O)N[C@H]3CCC3(F)F)cnn12. The number of anilines is 3.